The van der Waals surface area contributed by atoms with Gasteiger partial charge >= 0.3 is 12.8 Å². The van der Waals surface area contributed by atoms with Gasteiger partial charge in [0.2, 0.25) is 0 Å². The molecule has 2 fully saturated rings. The molecule has 3 aromatic rings. The van der Waals surface area contributed by atoms with Crippen molar-refractivity contribution in [2.24, 2.45) is 5.16 Å². The minimum absolute atomic E-state index is 0.104. The van der Waals surface area contributed by atoms with Gasteiger partial charge in [-0.15, -0.1) is 13.2 Å². The van der Waals surface area contributed by atoms with Crippen LogP contribution in [-0.2, 0) is 16.2 Å². The number of benzene rings is 2. The smallest absolute Gasteiger partial charge is 0.405 e. The van der Waals surface area contributed by atoms with Gasteiger partial charge in [0, 0.05) is 35.8 Å². The molecule has 6 rings (SSSR count). The molecule has 1 atom stereocenters. The quantitative estimate of drug-likeness (QED) is 0.370. The topological polar surface area (TPSA) is 102 Å². The van der Waals surface area contributed by atoms with Gasteiger partial charge in [-0.05, 0) is 56.0 Å². The van der Waals surface area contributed by atoms with Crippen LogP contribution in [-0.4, -0.2) is 48.1 Å². The first-order valence-corrected chi connectivity index (χ1v) is 12.9. The zero-order chi connectivity index (χ0) is 27.9. The number of piperidine rings is 1. The lowest BCUT2D eigenvalue weighted by Gasteiger charge is -2.33. The van der Waals surface area contributed by atoms with Crippen molar-refractivity contribution in [3.8, 4) is 17.0 Å². The van der Waals surface area contributed by atoms with Crippen LogP contribution in [0.5, 0.6) is 5.75 Å². The van der Waals surface area contributed by atoms with E-state index in [-0.39, 0.29) is 47.0 Å². The van der Waals surface area contributed by atoms with Crippen molar-refractivity contribution in [1.82, 2.24) is 10.5 Å². The summed E-state index contributed by atoms with van der Waals surface area (Å²) in [5, 5.41) is 19.6. The number of nitrogens with zero attached hydrogens (tertiary/aromatic N) is 3. The predicted octanol–water partition coefficient (Wildman–Crippen LogP) is 5.00. The summed E-state index contributed by atoms with van der Waals surface area (Å²) in [5.41, 5.74) is 2.01. The molecule has 0 spiro atoms. The second-order valence-corrected chi connectivity index (χ2v) is 9.90. The number of anilines is 1. The molecule has 3 aliphatic rings. The van der Waals surface area contributed by atoms with Gasteiger partial charge < -0.3 is 34.2 Å². The normalized spacial score (nSPS) is 19.8. The number of rotatable bonds is 8. The lowest BCUT2D eigenvalue weighted by atomic mass is 10.0. The number of oxime groups is 1. The summed E-state index contributed by atoms with van der Waals surface area (Å²) in [5.74, 6) is 0.0923. The number of ether oxygens (including phenoxy) is 2. The molecule has 13 heteroatoms. The maximum atomic E-state index is 14.7. The molecule has 2 aliphatic heterocycles. The fraction of sp³-hybridized carbons (Fsp3) is 0.407. The van der Waals surface area contributed by atoms with Gasteiger partial charge in [-0.2, -0.15) is 0 Å². The summed E-state index contributed by atoms with van der Waals surface area (Å²) in [6, 6.07) is 10.6. The Morgan fingerprint density at radius 1 is 1.05 bits per heavy atom. The molecule has 9 nitrogen and oxygen atoms in total. The molecule has 1 aliphatic carbocycles. The van der Waals surface area contributed by atoms with E-state index in [4.69, 9.17) is 9.26 Å². The van der Waals surface area contributed by atoms with E-state index in [0.29, 0.717) is 42.9 Å². The number of amidine groups is 1. The van der Waals surface area contributed by atoms with Gasteiger partial charge in [0.05, 0.1) is 18.3 Å². The second-order valence-electron chi connectivity index (χ2n) is 9.90. The zero-order valence-corrected chi connectivity index (χ0v) is 21.2. The van der Waals surface area contributed by atoms with Crippen LogP contribution in [0.4, 0.5) is 23.2 Å². The van der Waals surface area contributed by atoms with E-state index < -0.39 is 18.6 Å². The molecular formula is C27H26F4N4O5. The first kappa shape index (κ1) is 26.4. The Kier molecular flexibility index (Phi) is 7.00. The molecular weight excluding hydrogens is 536 g/mol. The summed E-state index contributed by atoms with van der Waals surface area (Å²) in [6.45, 7) is 1.39. The van der Waals surface area contributed by atoms with Gasteiger partial charge in [0.15, 0.2) is 5.84 Å². The lowest BCUT2D eigenvalue weighted by molar-refractivity contribution is -0.274. The molecule has 0 bridgehead atoms. The molecule has 1 saturated carbocycles. The summed E-state index contributed by atoms with van der Waals surface area (Å²) in [4.78, 5) is 6.69. The Morgan fingerprint density at radius 3 is 2.50 bits per heavy atom. The molecule has 40 heavy (non-hydrogen) atoms. The van der Waals surface area contributed by atoms with Crippen LogP contribution in [0.2, 0.25) is 0 Å². The number of hydrogen-bond acceptors (Lipinski definition) is 9. The van der Waals surface area contributed by atoms with Gasteiger partial charge in [0.25, 0.3) is 0 Å². The molecule has 2 aromatic carbocycles. The molecule has 3 heterocycles. The highest BCUT2D eigenvalue weighted by Gasteiger charge is 2.36. The van der Waals surface area contributed by atoms with Crippen LogP contribution >= 0.6 is 0 Å². The van der Waals surface area contributed by atoms with Crippen molar-refractivity contribution >= 4 is 11.5 Å². The molecule has 0 amide bonds. The Balaban J connectivity index is 1.12. The monoisotopic (exact) mass is 562 g/mol. The van der Waals surface area contributed by atoms with Crippen molar-refractivity contribution in [3.05, 3.63) is 65.2 Å². The summed E-state index contributed by atoms with van der Waals surface area (Å²) < 4.78 is 69.9. The van der Waals surface area contributed by atoms with Gasteiger partial charge in [-0.25, -0.2) is 4.39 Å². The Hall–Kier alpha value is -3.84. The second kappa shape index (κ2) is 10.6. The third-order valence-electron chi connectivity index (χ3n) is 7.12. The molecule has 1 saturated heterocycles. The highest BCUT2D eigenvalue weighted by atomic mass is 19.4. The van der Waals surface area contributed by atoms with Crippen LogP contribution in [0.25, 0.3) is 11.3 Å². The first-order valence-electron chi connectivity index (χ1n) is 12.9. The molecule has 2 N–H and O–H groups in total. The largest absolute Gasteiger partial charge is 0.573 e. The predicted molar refractivity (Wildman–Crippen MR) is 134 cm³/mol. The van der Waals surface area contributed by atoms with Crippen LogP contribution < -0.4 is 15.0 Å². The van der Waals surface area contributed by atoms with E-state index in [1.165, 1.54) is 24.3 Å². The molecule has 0 radical (unpaired) electrons. The third kappa shape index (κ3) is 5.70. The van der Waals surface area contributed by atoms with Crippen LogP contribution in [0, 0.1) is 5.82 Å². The Morgan fingerprint density at radius 2 is 1.82 bits per heavy atom. The fourth-order valence-electron chi connectivity index (χ4n) is 4.99. The van der Waals surface area contributed by atoms with E-state index in [0.717, 1.165) is 12.8 Å². The SMILES string of the molecule is OC1NC(c2ccc(N3CCC(OCc4c(-c5ccccc5OC(F)(F)F)noc4C4CC4)CC3)cc2F)=NO1. The van der Waals surface area contributed by atoms with Crippen molar-refractivity contribution in [3.63, 3.8) is 0 Å². The lowest BCUT2D eigenvalue weighted by Crippen LogP contribution is -2.37. The molecule has 1 aromatic heterocycles. The fourth-order valence-corrected chi connectivity index (χ4v) is 4.99. The number of aliphatic hydroxyl groups excluding tert-OH is 1. The van der Waals surface area contributed by atoms with E-state index in [1.54, 1.807) is 18.2 Å². The average molecular weight is 563 g/mol. The highest BCUT2D eigenvalue weighted by molar-refractivity contribution is 5.99. The number of hydrogen-bond donors (Lipinski definition) is 2. The van der Waals surface area contributed by atoms with E-state index in [2.05, 4.69) is 25.2 Å². The maximum Gasteiger partial charge on any atom is 0.573 e. The van der Waals surface area contributed by atoms with Crippen LogP contribution in [0.15, 0.2) is 52.1 Å². The summed E-state index contributed by atoms with van der Waals surface area (Å²) in [6.07, 6.45) is -3.06. The van der Waals surface area contributed by atoms with E-state index >= 15 is 0 Å². The highest BCUT2D eigenvalue weighted by Crippen LogP contribution is 2.45. The molecule has 1 unspecified atom stereocenters. The van der Waals surface area contributed by atoms with E-state index in [1.807, 2.05) is 4.90 Å². The number of para-hydroxylation sites is 1. The minimum Gasteiger partial charge on any atom is -0.405 e. The van der Waals surface area contributed by atoms with Crippen molar-refractivity contribution < 1.29 is 41.5 Å². The summed E-state index contributed by atoms with van der Waals surface area (Å²) in [7, 11) is 0. The van der Waals surface area contributed by atoms with Crippen molar-refractivity contribution in [2.45, 2.75) is 57.1 Å². The van der Waals surface area contributed by atoms with Crippen molar-refractivity contribution in [2.75, 3.05) is 18.0 Å². The van der Waals surface area contributed by atoms with Gasteiger partial charge in [-0.1, -0.05) is 22.4 Å². The number of alkyl halides is 3. The standard InChI is InChI=1S/C27H26F4N4O5/c28-21-13-16(7-8-18(21)25-32-26(36)40-34-25)35-11-9-17(10-12-35)37-14-20-23(33-39-24(20)15-5-6-15)19-3-1-2-4-22(19)38-27(29,30)31/h1-4,7-8,13,15,17,26,36H,5-6,9-12,14H2,(H,32,34). The minimum atomic E-state index is -4.84. The average Bonchev–Trinajstić information content (AvgIpc) is 3.54. The van der Waals surface area contributed by atoms with Gasteiger partial charge in [0.1, 0.15) is 23.0 Å². The van der Waals surface area contributed by atoms with Crippen LogP contribution in [0.3, 0.4) is 0 Å². The Labute approximate surface area is 226 Å². The number of aliphatic hydroxyl groups is 1. The number of nitrogens with one attached hydrogen (secondary N) is 1. The van der Waals surface area contributed by atoms with Gasteiger partial charge in [-0.3, -0.25) is 0 Å². The van der Waals surface area contributed by atoms with E-state index in [9.17, 15) is 22.7 Å². The number of halogens is 4. The summed E-state index contributed by atoms with van der Waals surface area (Å²) >= 11 is 0. The number of aromatic nitrogens is 1. The van der Waals surface area contributed by atoms with Crippen LogP contribution in [0.1, 0.15) is 48.5 Å². The van der Waals surface area contributed by atoms with Crippen molar-refractivity contribution in [1.29, 1.82) is 0 Å². The maximum absolute atomic E-state index is 14.7. The third-order valence-corrected chi connectivity index (χ3v) is 7.12. The Bertz CT molecular complexity index is 1400. The first-order chi connectivity index (χ1) is 19.2. The zero-order valence-electron chi connectivity index (χ0n) is 21.2. The molecule has 212 valence electrons.